The number of nitrogens with one attached hydrogen (secondary N) is 1. The third kappa shape index (κ3) is 3.89. The third-order valence-electron chi connectivity index (χ3n) is 9.31. The van der Waals surface area contributed by atoms with E-state index in [2.05, 4.69) is 4.90 Å². The molecular formula is C29H34N2O8S. The van der Waals surface area contributed by atoms with E-state index >= 15 is 0 Å². The van der Waals surface area contributed by atoms with E-state index < -0.39 is 38.8 Å². The van der Waals surface area contributed by atoms with Crippen LogP contribution in [-0.4, -0.2) is 72.5 Å². The van der Waals surface area contributed by atoms with E-state index in [-0.39, 0.29) is 28.0 Å². The Kier molecular flexibility index (Phi) is 6.14. The first-order valence-electron chi connectivity index (χ1n) is 13.5. The van der Waals surface area contributed by atoms with Gasteiger partial charge < -0.3 is 24.8 Å². The molecule has 2 aliphatic carbocycles. The first kappa shape index (κ1) is 26.9. The van der Waals surface area contributed by atoms with Crippen LogP contribution in [0.1, 0.15) is 44.2 Å². The normalized spacial score (nSPS) is 29.7. The molecule has 1 spiro atoms. The van der Waals surface area contributed by atoms with Gasteiger partial charge in [-0.3, -0.25) is 9.69 Å². The van der Waals surface area contributed by atoms with Gasteiger partial charge in [0.15, 0.2) is 17.6 Å². The van der Waals surface area contributed by atoms with Crippen molar-refractivity contribution in [3.8, 4) is 17.2 Å². The van der Waals surface area contributed by atoms with Crippen LogP contribution in [-0.2, 0) is 26.7 Å². The smallest absolute Gasteiger partial charge is 0.264 e. The number of benzene rings is 2. The molecule has 2 heterocycles. The molecule has 0 radical (unpaired) electrons. The first-order chi connectivity index (χ1) is 18.9. The second kappa shape index (κ2) is 9.12. The molecule has 1 saturated carbocycles. The number of hydrogen-bond acceptors (Lipinski definition) is 9. The zero-order valence-corrected chi connectivity index (χ0v) is 23.5. The molecule has 4 atom stereocenters. The number of ether oxygens (including phenoxy) is 2. The number of aromatic hydroxyl groups is 1. The van der Waals surface area contributed by atoms with E-state index in [0.717, 1.165) is 12.1 Å². The molecule has 4 N–H and O–H groups in total. The summed E-state index contributed by atoms with van der Waals surface area (Å²) in [4.78, 5) is 15.3. The minimum Gasteiger partial charge on any atom is -0.508 e. The van der Waals surface area contributed by atoms with Crippen molar-refractivity contribution >= 4 is 15.9 Å². The second-order valence-electron chi connectivity index (χ2n) is 11.6. The number of carbonyl (C=O) groups excluding carboxylic acids is 1. The number of phenolic OH excluding ortho intramolecular Hbond substituents is 1. The molecule has 1 saturated heterocycles. The second-order valence-corrected chi connectivity index (χ2v) is 13.3. The Balaban J connectivity index is 1.37. The highest BCUT2D eigenvalue weighted by atomic mass is 32.2. The van der Waals surface area contributed by atoms with Crippen LogP contribution in [0.2, 0.25) is 0 Å². The summed E-state index contributed by atoms with van der Waals surface area (Å²) in [6.07, 6.45) is 2.12. The summed E-state index contributed by atoms with van der Waals surface area (Å²) in [5.74, 6) is -0.369. The van der Waals surface area contributed by atoms with Crippen molar-refractivity contribution in [1.29, 1.82) is 0 Å². The number of sulfonamides is 1. The van der Waals surface area contributed by atoms with Crippen LogP contribution in [0.25, 0.3) is 0 Å². The Morgan fingerprint density at radius 3 is 2.55 bits per heavy atom. The highest BCUT2D eigenvalue weighted by molar-refractivity contribution is 7.90. The van der Waals surface area contributed by atoms with Crippen molar-refractivity contribution in [2.75, 3.05) is 20.2 Å². The molecule has 2 fully saturated rings. The van der Waals surface area contributed by atoms with Crippen molar-refractivity contribution in [3.05, 3.63) is 58.9 Å². The van der Waals surface area contributed by atoms with Gasteiger partial charge in [-0.05, 0) is 87.9 Å². The van der Waals surface area contributed by atoms with Gasteiger partial charge in [0.05, 0.1) is 28.6 Å². The van der Waals surface area contributed by atoms with Gasteiger partial charge in [-0.25, -0.2) is 13.1 Å². The molecule has 11 heteroatoms. The van der Waals surface area contributed by atoms with Crippen molar-refractivity contribution in [2.45, 2.75) is 67.6 Å². The number of aliphatic hydroxyl groups is 2. The summed E-state index contributed by atoms with van der Waals surface area (Å²) in [5, 5.41) is 34.5. The number of methoxy groups -OCH3 is 1. The quantitative estimate of drug-likeness (QED) is 0.291. The summed E-state index contributed by atoms with van der Waals surface area (Å²) < 4.78 is 39.1. The van der Waals surface area contributed by atoms with Gasteiger partial charge in [-0.1, -0.05) is 6.07 Å². The predicted molar refractivity (Wildman–Crippen MR) is 145 cm³/mol. The number of hydrogen-bond donors (Lipinski definition) is 4. The molecule has 4 aliphatic rings. The molecule has 6 rings (SSSR count). The molecule has 0 aromatic heterocycles. The van der Waals surface area contributed by atoms with Gasteiger partial charge in [0, 0.05) is 18.2 Å². The maximum absolute atomic E-state index is 13.2. The Bertz CT molecular complexity index is 1510. The maximum Gasteiger partial charge on any atom is 0.264 e. The van der Waals surface area contributed by atoms with Crippen molar-refractivity contribution in [2.24, 2.45) is 5.92 Å². The van der Waals surface area contributed by atoms with E-state index in [1.807, 2.05) is 10.8 Å². The van der Waals surface area contributed by atoms with E-state index in [1.165, 1.54) is 51.1 Å². The maximum atomic E-state index is 13.2. The topological polar surface area (TPSA) is 146 Å². The lowest BCUT2D eigenvalue weighted by Crippen LogP contribution is -2.73. The molecular weight excluding hydrogens is 536 g/mol. The number of rotatable bonds is 7. The lowest BCUT2D eigenvalue weighted by atomic mass is 9.53. The van der Waals surface area contributed by atoms with Crippen molar-refractivity contribution < 1.29 is 38.0 Å². The van der Waals surface area contributed by atoms with Crippen molar-refractivity contribution in [3.63, 3.8) is 0 Å². The third-order valence-corrected chi connectivity index (χ3v) is 10.7. The molecule has 2 bridgehead atoms. The molecule has 40 heavy (non-hydrogen) atoms. The fourth-order valence-corrected chi connectivity index (χ4v) is 7.91. The van der Waals surface area contributed by atoms with E-state index in [0.29, 0.717) is 36.6 Å². The summed E-state index contributed by atoms with van der Waals surface area (Å²) in [6.45, 7) is 4.59. The lowest BCUT2D eigenvalue weighted by Gasteiger charge is -2.59. The van der Waals surface area contributed by atoms with E-state index in [1.54, 1.807) is 13.0 Å². The average molecular weight is 571 g/mol. The number of phenols is 1. The Morgan fingerprint density at radius 2 is 1.90 bits per heavy atom. The average Bonchev–Trinajstić information content (AvgIpc) is 3.66. The summed E-state index contributed by atoms with van der Waals surface area (Å²) in [7, 11) is -2.80. The van der Waals surface area contributed by atoms with Crippen LogP contribution in [0.4, 0.5) is 0 Å². The van der Waals surface area contributed by atoms with Gasteiger partial charge in [-0.15, -0.1) is 0 Å². The van der Waals surface area contributed by atoms with Crippen LogP contribution < -0.4 is 14.2 Å². The van der Waals surface area contributed by atoms with Gasteiger partial charge in [0.2, 0.25) is 0 Å². The largest absolute Gasteiger partial charge is 0.508 e. The SMILES string of the molecule is COc1ccc(S(=O)(=O)NC(=O)/C(C)=C(\O)[C@@H]2Oc3c(O)ccc4c3[C@@]23CCN(CC2CC2)[C@H](C4)[C@@]3(C)O)cc1. The summed E-state index contributed by atoms with van der Waals surface area (Å²) in [6, 6.07) is 8.66. The zero-order chi connectivity index (χ0) is 28.6. The highest BCUT2D eigenvalue weighted by Crippen LogP contribution is 2.63. The van der Waals surface area contributed by atoms with Crippen LogP contribution >= 0.6 is 0 Å². The van der Waals surface area contributed by atoms with Gasteiger partial charge in [0.25, 0.3) is 15.9 Å². The Hall–Kier alpha value is -3.28. The number of amides is 1. The molecule has 2 aromatic rings. The number of nitrogens with zero attached hydrogens (tertiary/aromatic N) is 1. The molecule has 10 nitrogen and oxygen atoms in total. The zero-order valence-electron chi connectivity index (χ0n) is 22.7. The van der Waals surface area contributed by atoms with Crippen molar-refractivity contribution in [1.82, 2.24) is 9.62 Å². The van der Waals surface area contributed by atoms with Gasteiger partial charge >= 0.3 is 0 Å². The highest BCUT2D eigenvalue weighted by Gasteiger charge is 2.69. The standard InChI is InChI=1S/C29H34N2O8S/c1-16(27(34)30-40(36,37)20-9-7-19(38-3)8-10-20)24(33)26-29-12-13-31(15-17-4-5-17)22(28(29,2)35)14-18-6-11-21(32)25(39-26)23(18)29/h6-11,17,22,26,32-33,35H,4-5,12-15H2,1-3H3,(H,30,34)/b24-16-/t22-,26+,28-,29+/m1/s1. The number of carbonyl (C=O) groups is 1. The number of piperidine rings is 1. The van der Waals surface area contributed by atoms with Crippen LogP contribution in [0.3, 0.4) is 0 Å². The first-order valence-corrected chi connectivity index (χ1v) is 15.0. The number of aliphatic hydroxyl groups excluding tert-OH is 1. The predicted octanol–water partition coefficient (Wildman–Crippen LogP) is 2.53. The minimum absolute atomic E-state index is 0.118. The van der Waals surface area contributed by atoms with Gasteiger partial charge in [-0.2, -0.15) is 0 Å². The Labute approximate surface area is 233 Å². The van der Waals surface area contributed by atoms with Crippen LogP contribution in [0, 0.1) is 5.92 Å². The molecule has 2 aromatic carbocycles. The monoisotopic (exact) mass is 570 g/mol. The fourth-order valence-electron chi connectivity index (χ4n) is 6.90. The summed E-state index contributed by atoms with van der Waals surface area (Å²) in [5.41, 5.74) is -1.22. The molecule has 214 valence electrons. The fraction of sp³-hybridized carbons (Fsp3) is 0.483. The Morgan fingerprint density at radius 1 is 1.20 bits per heavy atom. The molecule has 0 unspecified atom stereocenters. The molecule has 1 amide bonds. The minimum atomic E-state index is -4.25. The number of likely N-dealkylation sites (tertiary alicyclic amines) is 1. The summed E-state index contributed by atoms with van der Waals surface area (Å²) >= 11 is 0. The molecule has 2 aliphatic heterocycles. The van der Waals surface area contributed by atoms with Gasteiger partial charge in [0.1, 0.15) is 11.5 Å². The van der Waals surface area contributed by atoms with E-state index in [4.69, 9.17) is 9.47 Å². The van der Waals surface area contributed by atoms with Crippen LogP contribution in [0.15, 0.2) is 52.6 Å². The van der Waals surface area contributed by atoms with E-state index in [9.17, 15) is 28.5 Å². The van der Waals surface area contributed by atoms with Crippen LogP contribution in [0.5, 0.6) is 17.2 Å². The lowest BCUT2D eigenvalue weighted by molar-refractivity contribution is -0.153. The number of fused-ring (bicyclic) bond motifs is 1.